The summed E-state index contributed by atoms with van der Waals surface area (Å²) in [5, 5.41) is 5.81. The summed E-state index contributed by atoms with van der Waals surface area (Å²) in [6, 6.07) is 1.08. The Balaban J connectivity index is 1.95. The van der Waals surface area contributed by atoms with E-state index in [2.05, 4.69) is 10.4 Å². The minimum absolute atomic E-state index is 0.0855. The molecule has 1 aromatic heterocycles. The minimum atomic E-state index is -4.49. The van der Waals surface area contributed by atoms with Crippen LogP contribution in [0.25, 0.3) is 0 Å². The maximum atomic E-state index is 12.8. The summed E-state index contributed by atoms with van der Waals surface area (Å²) in [7, 11) is 0. The van der Waals surface area contributed by atoms with Gasteiger partial charge >= 0.3 is 6.18 Å². The zero-order valence-corrected chi connectivity index (χ0v) is 14.0. The van der Waals surface area contributed by atoms with E-state index >= 15 is 0 Å². The second-order valence-corrected chi connectivity index (χ2v) is 6.48. The van der Waals surface area contributed by atoms with Gasteiger partial charge in [-0.1, -0.05) is 6.92 Å². The second-order valence-electron chi connectivity index (χ2n) is 6.06. The number of nitrogens with one attached hydrogen (secondary N) is 1. The SMILES string of the molecule is CC(Cn1nc(C(F)(F)F)cc1C1CC1)C(=O)NCCCC(=O)Cl. The van der Waals surface area contributed by atoms with Crippen molar-refractivity contribution in [3.63, 3.8) is 0 Å². The van der Waals surface area contributed by atoms with E-state index in [1.165, 1.54) is 4.68 Å². The highest BCUT2D eigenvalue weighted by Crippen LogP contribution is 2.42. The van der Waals surface area contributed by atoms with E-state index < -0.39 is 23.0 Å². The quantitative estimate of drug-likeness (QED) is 0.569. The number of amides is 1. The molecule has 0 spiro atoms. The molecule has 0 bridgehead atoms. The van der Waals surface area contributed by atoms with Gasteiger partial charge in [-0.25, -0.2) is 0 Å². The number of nitrogens with zero attached hydrogens (tertiary/aromatic N) is 2. The minimum Gasteiger partial charge on any atom is -0.356 e. The molecule has 2 rings (SSSR count). The number of carbonyl (C=O) groups is 2. The Hall–Kier alpha value is -1.57. The van der Waals surface area contributed by atoms with Gasteiger partial charge in [0.25, 0.3) is 0 Å². The largest absolute Gasteiger partial charge is 0.435 e. The lowest BCUT2D eigenvalue weighted by Gasteiger charge is -2.14. The average molecular weight is 366 g/mol. The van der Waals surface area contributed by atoms with Crippen molar-refractivity contribution in [3.05, 3.63) is 17.5 Å². The van der Waals surface area contributed by atoms with Gasteiger partial charge in [0.1, 0.15) is 0 Å². The fourth-order valence-electron chi connectivity index (χ4n) is 2.38. The Labute approximate surface area is 142 Å². The lowest BCUT2D eigenvalue weighted by Crippen LogP contribution is -2.33. The van der Waals surface area contributed by atoms with E-state index in [4.69, 9.17) is 11.6 Å². The van der Waals surface area contributed by atoms with E-state index in [1.807, 2.05) is 0 Å². The van der Waals surface area contributed by atoms with Crippen LogP contribution in [0.2, 0.25) is 0 Å². The Morgan fingerprint density at radius 1 is 1.46 bits per heavy atom. The molecule has 1 N–H and O–H groups in total. The van der Waals surface area contributed by atoms with E-state index in [0.717, 1.165) is 18.9 Å². The number of aromatic nitrogens is 2. The van der Waals surface area contributed by atoms with Gasteiger partial charge < -0.3 is 5.32 Å². The molecule has 5 nitrogen and oxygen atoms in total. The van der Waals surface area contributed by atoms with Crippen LogP contribution in [0.3, 0.4) is 0 Å². The Kier molecular flexibility index (Phi) is 5.90. The second kappa shape index (κ2) is 7.55. The first-order valence-corrected chi connectivity index (χ1v) is 8.17. The lowest BCUT2D eigenvalue weighted by molar-refractivity contribution is -0.141. The molecule has 134 valence electrons. The van der Waals surface area contributed by atoms with Crippen LogP contribution in [0.5, 0.6) is 0 Å². The van der Waals surface area contributed by atoms with Gasteiger partial charge in [-0.2, -0.15) is 18.3 Å². The van der Waals surface area contributed by atoms with Crippen molar-refractivity contribution >= 4 is 22.8 Å². The molecule has 1 aliphatic rings. The molecule has 0 radical (unpaired) electrons. The fraction of sp³-hybridized carbons (Fsp3) is 0.667. The Morgan fingerprint density at radius 3 is 2.67 bits per heavy atom. The van der Waals surface area contributed by atoms with Crippen molar-refractivity contribution in [1.29, 1.82) is 0 Å². The third kappa shape index (κ3) is 5.22. The standard InChI is InChI=1S/C15H19ClF3N3O2/c1-9(14(24)20-6-2-3-13(16)23)8-22-11(10-4-5-10)7-12(21-22)15(17,18)19/h7,9-10H,2-6,8H2,1H3,(H,20,24). The molecule has 9 heteroatoms. The first-order valence-electron chi connectivity index (χ1n) is 7.79. The van der Waals surface area contributed by atoms with Gasteiger partial charge in [-0.3, -0.25) is 14.3 Å². The summed E-state index contributed by atoms with van der Waals surface area (Å²) in [4.78, 5) is 22.6. The van der Waals surface area contributed by atoms with Crippen LogP contribution < -0.4 is 5.32 Å². The van der Waals surface area contributed by atoms with Crippen LogP contribution in [0, 0.1) is 5.92 Å². The molecule has 0 aromatic carbocycles. The Bertz CT molecular complexity index is 612. The van der Waals surface area contributed by atoms with Gasteiger partial charge in [-0.15, -0.1) is 0 Å². The van der Waals surface area contributed by atoms with Crippen molar-refractivity contribution < 1.29 is 22.8 Å². The smallest absolute Gasteiger partial charge is 0.356 e. The Morgan fingerprint density at radius 2 is 2.12 bits per heavy atom. The maximum absolute atomic E-state index is 12.8. The summed E-state index contributed by atoms with van der Waals surface area (Å²) in [6.45, 7) is 2.01. The first kappa shape index (κ1) is 18.8. The molecule has 1 heterocycles. The van der Waals surface area contributed by atoms with Crippen molar-refractivity contribution in [1.82, 2.24) is 15.1 Å². The van der Waals surface area contributed by atoms with Crippen molar-refractivity contribution in [3.8, 4) is 0 Å². The molecule has 0 aliphatic heterocycles. The first-order chi connectivity index (χ1) is 11.2. The van der Waals surface area contributed by atoms with E-state index in [1.54, 1.807) is 6.92 Å². The third-order valence-corrected chi connectivity index (χ3v) is 4.03. The molecule has 1 unspecified atom stereocenters. The number of hydrogen-bond acceptors (Lipinski definition) is 3. The summed E-state index contributed by atoms with van der Waals surface area (Å²) in [5.74, 6) is -0.725. The highest BCUT2D eigenvalue weighted by Gasteiger charge is 2.38. The average Bonchev–Trinajstić information content (AvgIpc) is 3.23. The van der Waals surface area contributed by atoms with Crippen LogP contribution in [-0.4, -0.2) is 27.5 Å². The van der Waals surface area contributed by atoms with E-state index in [-0.39, 0.29) is 24.8 Å². The highest BCUT2D eigenvalue weighted by molar-refractivity contribution is 6.63. The van der Waals surface area contributed by atoms with Gasteiger partial charge in [0.15, 0.2) is 5.69 Å². The molecule has 1 atom stereocenters. The van der Waals surface area contributed by atoms with Crippen LogP contribution in [-0.2, 0) is 22.3 Å². The maximum Gasteiger partial charge on any atom is 0.435 e. The molecule has 0 saturated heterocycles. The van der Waals surface area contributed by atoms with Crippen LogP contribution >= 0.6 is 11.6 Å². The van der Waals surface area contributed by atoms with E-state index in [9.17, 15) is 22.8 Å². The predicted molar refractivity (Wildman–Crippen MR) is 81.5 cm³/mol. The van der Waals surface area contributed by atoms with Gasteiger partial charge in [0.05, 0.1) is 12.5 Å². The molecule has 1 fully saturated rings. The predicted octanol–water partition coefficient (Wildman–Crippen LogP) is 3.08. The number of carbonyl (C=O) groups excluding carboxylic acids is 2. The van der Waals surface area contributed by atoms with Crippen molar-refractivity contribution in [2.75, 3.05) is 6.54 Å². The topological polar surface area (TPSA) is 64.0 Å². The molecule has 24 heavy (non-hydrogen) atoms. The zero-order valence-electron chi connectivity index (χ0n) is 13.2. The van der Waals surface area contributed by atoms with Crippen LogP contribution in [0.4, 0.5) is 13.2 Å². The van der Waals surface area contributed by atoms with Gasteiger partial charge in [0, 0.05) is 24.6 Å². The molecule has 1 aliphatic carbocycles. The summed E-state index contributed by atoms with van der Waals surface area (Å²) >= 11 is 5.20. The number of halogens is 4. The molecule has 1 saturated carbocycles. The van der Waals surface area contributed by atoms with Crippen LogP contribution in [0.1, 0.15) is 49.9 Å². The number of rotatable bonds is 8. The molecular formula is C15H19ClF3N3O2. The van der Waals surface area contributed by atoms with Crippen molar-refractivity contribution in [2.45, 2.75) is 51.2 Å². The van der Waals surface area contributed by atoms with Gasteiger partial charge in [-0.05, 0) is 36.9 Å². The normalized spacial score (nSPS) is 16.0. The van der Waals surface area contributed by atoms with E-state index in [0.29, 0.717) is 18.7 Å². The summed E-state index contributed by atoms with van der Waals surface area (Å²) in [5.41, 5.74) is -0.382. The van der Waals surface area contributed by atoms with Gasteiger partial charge in [0.2, 0.25) is 11.1 Å². The monoisotopic (exact) mass is 365 g/mol. The van der Waals surface area contributed by atoms with Crippen LogP contribution in [0.15, 0.2) is 6.07 Å². The molecule has 1 amide bonds. The number of alkyl halides is 3. The molecular weight excluding hydrogens is 347 g/mol. The summed E-state index contributed by atoms with van der Waals surface area (Å²) in [6.07, 6.45) is -2.22. The fourth-order valence-corrected chi connectivity index (χ4v) is 2.51. The molecule has 1 aromatic rings. The lowest BCUT2D eigenvalue weighted by atomic mass is 10.1. The van der Waals surface area contributed by atoms with Crippen molar-refractivity contribution in [2.24, 2.45) is 5.92 Å². The highest BCUT2D eigenvalue weighted by atomic mass is 35.5. The zero-order chi connectivity index (χ0) is 17.9. The number of hydrogen-bond donors (Lipinski definition) is 1. The summed E-state index contributed by atoms with van der Waals surface area (Å²) < 4.78 is 39.8. The third-order valence-electron chi connectivity index (χ3n) is 3.84.